The van der Waals surface area contributed by atoms with Gasteiger partial charge in [0.25, 0.3) is 0 Å². The average Bonchev–Trinajstić information content (AvgIpc) is 3.30. The largest absolute Gasteiger partial charge is 0.638 e. The molecule has 0 aliphatic heterocycles. The van der Waals surface area contributed by atoms with Crippen molar-refractivity contribution in [2.24, 2.45) is 0 Å². The Morgan fingerprint density at radius 3 is 1.06 bits per heavy atom. The smallest absolute Gasteiger partial charge is 0.402 e. The van der Waals surface area contributed by atoms with Gasteiger partial charge in [0, 0.05) is 11.5 Å². The van der Waals surface area contributed by atoms with Gasteiger partial charge >= 0.3 is 7.32 Å². The minimum absolute atomic E-state index is 0.00370. The third-order valence-electron chi connectivity index (χ3n) is 10.7. The van der Waals surface area contributed by atoms with Gasteiger partial charge in [-0.05, 0) is 23.1 Å². The molecule has 1 unspecified atom stereocenters. The first-order valence-corrected chi connectivity index (χ1v) is 19.1. The van der Waals surface area contributed by atoms with Crippen molar-refractivity contribution >= 4 is 7.32 Å². The maximum atomic E-state index is 16.6. The lowest BCUT2D eigenvalue weighted by atomic mass is 9.68. The summed E-state index contributed by atoms with van der Waals surface area (Å²) in [5.41, 5.74) is -15.2. The van der Waals surface area contributed by atoms with Crippen LogP contribution in [0.4, 0.5) is 65.9 Å². The van der Waals surface area contributed by atoms with Crippen LogP contribution in [0.25, 0.3) is 0 Å². The van der Waals surface area contributed by atoms with Gasteiger partial charge in [-0.1, -0.05) is 124 Å². The predicted octanol–water partition coefficient (Wildman–Crippen LogP) is 12.8. The summed E-state index contributed by atoms with van der Waals surface area (Å²) >= 11 is 0. The molecule has 0 bridgehead atoms. The van der Waals surface area contributed by atoms with E-state index < -0.39 is 141 Å². The van der Waals surface area contributed by atoms with Crippen LogP contribution in [0.5, 0.6) is 0 Å². The monoisotopic (exact) mass is 914 g/mol. The van der Waals surface area contributed by atoms with Crippen molar-refractivity contribution in [3.05, 3.63) is 212 Å². The molecule has 6 aromatic rings. The zero-order valence-electron chi connectivity index (χ0n) is 32.8. The molecule has 0 spiro atoms. The van der Waals surface area contributed by atoms with Gasteiger partial charge in [0.1, 0.15) is 11.2 Å². The molecule has 19 heteroatoms. The van der Waals surface area contributed by atoms with Crippen LogP contribution in [0, 0.1) is 87.3 Å². The van der Waals surface area contributed by atoms with Crippen LogP contribution in [0.2, 0.25) is 0 Å². The van der Waals surface area contributed by atoms with E-state index in [9.17, 15) is 18.2 Å². The lowest BCUT2D eigenvalue weighted by molar-refractivity contribution is -0.0297. The lowest BCUT2D eigenvalue weighted by Gasteiger charge is -2.45. The molecule has 0 radical (unpaired) electrons. The number of unbranched alkanes of at least 4 members (excludes halogenated alkanes) is 3. The number of hydrogen-bond acceptors (Lipinski definition) is 3. The van der Waals surface area contributed by atoms with E-state index in [1.54, 1.807) is 6.92 Å². The van der Waals surface area contributed by atoms with Crippen molar-refractivity contribution in [3.63, 3.8) is 0 Å². The van der Waals surface area contributed by atoms with Gasteiger partial charge in [0.15, 0.2) is 69.8 Å². The Kier molecular flexibility index (Phi) is 14.3. The molecule has 0 aliphatic rings. The van der Waals surface area contributed by atoms with E-state index >= 15 is 52.7 Å². The van der Waals surface area contributed by atoms with Crippen LogP contribution >= 0.6 is 0 Å². The second-order valence-electron chi connectivity index (χ2n) is 14.3. The Balaban J connectivity index is 1.85. The number of rotatable bonds is 16. The highest BCUT2D eigenvalue weighted by molar-refractivity contribution is 6.35. The third kappa shape index (κ3) is 8.02. The molecule has 1 atom stereocenters. The first kappa shape index (κ1) is 47.7. The van der Waals surface area contributed by atoms with E-state index in [-0.39, 0.29) is 29.5 Å². The summed E-state index contributed by atoms with van der Waals surface area (Å²) in [6.07, 6.45) is -1.86. The Hall–Kier alpha value is -5.79. The SMILES string of the molecule is CCCCCCC(c1c(F)c(F)c(F)c(F)c1F)C(OB(O)OC(c1ccccc1)(c1ccccc1)c1ccccc1)(c1c(F)c(F)c(F)c(F)c1F)c1c(F)c(F)c(F)c(F)c1F. The van der Waals surface area contributed by atoms with Crippen molar-refractivity contribution in [1.29, 1.82) is 0 Å². The van der Waals surface area contributed by atoms with Crippen LogP contribution in [-0.2, 0) is 20.5 Å². The lowest BCUT2D eigenvalue weighted by Crippen LogP contribution is -2.50. The van der Waals surface area contributed by atoms with Crippen LogP contribution in [0.15, 0.2) is 91.0 Å². The molecule has 0 heterocycles. The Labute approximate surface area is 354 Å². The third-order valence-corrected chi connectivity index (χ3v) is 10.7. The highest BCUT2D eigenvalue weighted by atomic mass is 19.2. The molecule has 0 amide bonds. The topological polar surface area (TPSA) is 38.7 Å². The number of halogens is 15. The van der Waals surface area contributed by atoms with Gasteiger partial charge in [0.05, 0.1) is 11.1 Å². The minimum Gasteiger partial charge on any atom is -0.402 e. The zero-order valence-corrected chi connectivity index (χ0v) is 32.8. The number of hydrogen-bond donors (Lipinski definition) is 1. The van der Waals surface area contributed by atoms with Crippen LogP contribution in [-0.4, -0.2) is 12.3 Å². The summed E-state index contributed by atoms with van der Waals surface area (Å²) in [5, 5.41) is 12.1. The summed E-state index contributed by atoms with van der Waals surface area (Å²) < 4.78 is 247. The molecule has 6 rings (SSSR count). The summed E-state index contributed by atoms with van der Waals surface area (Å²) in [6, 6.07) is 21.2. The van der Waals surface area contributed by atoms with E-state index in [0.29, 0.717) is 6.42 Å². The van der Waals surface area contributed by atoms with Crippen molar-refractivity contribution in [3.8, 4) is 0 Å². The maximum Gasteiger partial charge on any atom is 0.638 e. The molecule has 0 saturated heterocycles. The fourth-order valence-corrected chi connectivity index (χ4v) is 7.85. The maximum absolute atomic E-state index is 16.6. The standard InChI is InChI=1S/C45H30BF15O3/c1-2-3-4-14-21-25(26-29(47)35(53)41(59)36(54)30(26)48)45(27-31(49)37(55)42(60)38(56)32(27)50,28-33(51)39(57)43(61)40(58)34(28)52)64-46(62)63-44(22-15-8-5-9-16-22,23-17-10-6-11-18-23)24-19-12-7-13-20-24/h5-13,15-20,25,62H,2-4,14,21H2,1H3. The van der Waals surface area contributed by atoms with Crippen LogP contribution in [0.3, 0.4) is 0 Å². The highest BCUT2D eigenvalue weighted by Crippen LogP contribution is 2.55. The summed E-state index contributed by atoms with van der Waals surface area (Å²) in [5.74, 6) is -49.0. The Morgan fingerprint density at radius 1 is 0.422 bits per heavy atom. The summed E-state index contributed by atoms with van der Waals surface area (Å²) in [4.78, 5) is 0. The Bertz CT molecular complexity index is 2400. The van der Waals surface area contributed by atoms with E-state index in [1.165, 1.54) is 91.0 Å². The molecule has 0 saturated carbocycles. The van der Waals surface area contributed by atoms with E-state index in [1.807, 2.05) is 0 Å². The van der Waals surface area contributed by atoms with Gasteiger partial charge in [-0.3, -0.25) is 0 Å². The number of benzene rings is 6. The molecule has 0 fully saturated rings. The van der Waals surface area contributed by atoms with Gasteiger partial charge < -0.3 is 14.3 Å². The molecule has 1 N–H and O–H groups in total. The molecule has 6 aromatic carbocycles. The van der Waals surface area contributed by atoms with Crippen LogP contribution < -0.4 is 0 Å². The van der Waals surface area contributed by atoms with Gasteiger partial charge in [0.2, 0.25) is 17.5 Å². The van der Waals surface area contributed by atoms with E-state index in [4.69, 9.17) is 9.31 Å². The summed E-state index contributed by atoms with van der Waals surface area (Å²) in [6.45, 7) is 1.59. The predicted molar refractivity (Wildman–Crippen MR) is 200 cm³/mol. The zero-order chi connectivity index (χ0) is 46.8. The fourth-order valence-electron chi connectivity index (χ4n) is 7.85. The molecule has 0 aromatic heterocycles. The first-order valence-electron chi connectivity index (χ1n) is 19.1. The molecule has 64 heavy (non-hydrogen) atoms. The Morgan fingerprint density at radius 2 is 0.734 bits per heavy atom. The van der Waals surface area contributed by atoms with Crippen molar-refractivity contribution in [2.75, 3.05) is 0 Å². The molecular weight excluding hydrogens is 884 g/mol. The molecule has 0 aliphatic carbocycles. The van der Waals surface area contributed by atoms with Crippen molar-refractivity contribution in [2.45, 2.75) is 56.1 Å². The van der Waals surface area contributed by atoms with E-state index in [0.717, 1.165) is 0 Å². The fraction of sp³-hybridized carbons (Fsp3) is 0.200. The highest BCUT2D eigenvalue weighted by Gasteiger charge is 2.59. The quantitative estimate of drug-likeness (QED) is 0.0263. The van der Waals surface area contributed by atoms with Crippen molar-refractivity contribution in [1.82, 2.24) is 0 Å². The first-order chi connectivity index (χ1) is 30.4. The van der Waals surface area contributed by atoms with E-state index in [2.05, 4.69) is 0 Å². The summed E-state index contributed by atoms with van der Waals surface area (Å²) in [7, 11) is -3.55. The minimum atomic E-state index is -4.95. The van der Waals surface area contributed by atoms with Crippen molar-refractivity contribution < 1.29 is 80.2 Å². The second-order valence-corrected chi connectivity index (χ2v) is 14.3. The van der Waals surface area contributed by atoms with Gasteiger partial charge in [-0.2, -0.15) is 0 Å². The second kappa shape index (κ2) is 19.1. The molecular formula is C45H30BF15O3. The van der Waals surface area contributed by atoms with Gasteiger partial charge in [-0.25, -0.2) is 65.9 Å². The van der Waals surface area contributed by atoms with Gasteiger partial charge in [-0.15, -0.1) is 0 Å². The molecule has 336 valence electrons. The normalized spacial score (nSPS) is 12.5. The molecule has 3 nitrogen and oxygen atoms in total. The average molecular weight is 915 g/mol. The van der Waals surface area contributed by atoms with Crippen LogP contribution in [0.1, 0.15) is 78.3 Å².